The fourth-order valence-electron chi connectivity index (χ4n) is 5.25. The number of nitrogens with zero attached hydrogens (tertiary/aromatic N) is 2. The minimum Gasteiger partial charge on any atom is -0.457 e. The van der Waals surface area contributed by atoms with Gasteiger partial charge in [-0.3, -0.25) is 13.9 Å². The van der Waals surface area contributed by atoms with Gasteiger partial charge in [0.25, 0.3) is 10.0 Å². The highest BCUT2D eigenvalue weighted by molar-refractivity contribution is 7.92. The second kappa shape index (κ2) is 15.2. The van der Waals surface area contributed by atoms with Crippen molar-refractivity contribution in [3.05, 3.63) is 156 Å². The van der Waals surface area contributed by atoms with E-state index < -0.39 is 28.5 Å². The zero-order valence-electron chi connectivity index (χ0n) is 26.3. The van der Waals surface area contributed by atoms with E-state index >= 15 is 0 Å². The maximum Gasteiger partial charge on any atom is 0.264 e. The Hall–Kier alpha value is -5.41. The molecular weight excluding hydrogens is 611 g/mol. The lowest BCUT2D eigenvalue weighted by molar-refractivity contribution is -0.139. The van der Waals surface area contributed by atoms with E-state index in [4.69, 9.17) is 4.74 Å². The molecule has 0 bridgehead atoms. The zero-order chi connectivity index (χ0) is 33.2. The molecule has 0 aromatic heterocycles. The number of hydrogen-bond donors (Lipinski definition) is 1. The van der Waals surface area contributed by atoms with Crippen LogP contribution < -0.4 is 14.4 Å². The quantitative estimate of drug-likeness (QED) is 0.160. The molecule has 0 spiro atoms. The second-order valence-corrected chi connectivity index (χ2v) is 12.9. The highest BCUT2D eigenvalue weighted by atomic mass is 32.2. The lowest BCUT2D eigenvalue weighted by Gasteiger charge is -2.34. The van der Waals surface area contributed by atoms with Crippen LogP contribution in [0, 0.1) is 6.92 Å². The SMILES string of the molecule is CNC(=O)[C@H](Cc1ccccc1)N(Cc1ccccc1C)C(=O)CN(c1ccc(Oc2ccccc2)cc1)S(=O)(=O)c1ccccc1. The first-order valence-electron chi connectivity index (χ1n) is 15.3. The van der Waals surface area contributed by atoms with E-state index in [2.05, 4.69) is 5.32 Å². The van der Waals surface area contributed by atoms with Crippen molar-refractivity contribution >= 4 is 27.5 Å². The number of sulfonamides is 1. The molecule has 0 aliphatic rings. The molecule has 5 aromatic carbocycles. The molecule has 0 saturated heterocycles. The Labute approximate surface area is 276 Å². The van der Waals surface area contributed by atoms with Crippen LogP contribution in [0.1, 0.15) is 16.7 Å². The second-order valence-electron chi connectivity index (χ2n) is 11.0. The number of anilines is 1. The summed E-state index contributed by atoms with van der Waals surface area (Å²) in [6.07, 6.45) is 0.245. The summed E-state index contributed by atoms with van der Waals surface area (Å²) in [5.41, 5.74) is 2.94. The van der Waals surface area contributed by atoms with Gasteiger partial charge in [-0.05, 0) is 72.1 Å². The third kappa shape index (κ3) is 8.25. The van der Waals surface area contributed by atoms with Gasteiger partial charge >= 0.3 is 0 Å². The number of hydrogen-bond acceptors (Lipinski definition) is 5. The molecule has 2 amide bonds. The van der Waals surface area contributed by atoms with Crippen molar-refractivity contribution in [2.75, 3.05) is 17.9 Å². The van der Waals surface area contributed by atoms with E-state index in [-0.39, 0.29) is 29.5 Å². The summed E-state index contributed by atoms with van der Waals surface area (Å²) < 4.78 is 35.4. The number of benzene rings is 5. The summed E-state index contributed by atoms with van der Waals surface area (Å²) in [6, 6.07) is 39.9. The Morgan fingerprint density at radius 2 is 1.28 bits per heavy atom. The molecule has 0 aliphatic carbocycles. The molecule has 0 heterocycles. The summed E-state index contributed by atoms with van der Waals surface area (Å²) in [7, 11) is -2.67. The van der Waals surface area contributed by atoms with Crippen molar-refractivity contribution < 1.29 is 22.7 Å². The monoisotopic (exact) mass is 647 g/mol. The molecule has 5 rings (SSSR count). The fourth-order valence-corrected chi connectivity index (χ4v) is 6.68. The van der Waals surface area contributed by atoms with Gasteiger partial charge in [0.05, 0.1) is 10.6 Å². The summed E-state index contributed by atoms with van der Waals surface area (Å²) in [4.78, 5) is 29.5. The Morgan fingerprint density at radius 3 is 1.89 bits per heavy atom. The van der Waals surface area contributed by atoms with Gasteiger partial charge in [0, 0.05) is 20.0 Å². The van der Waals surface area contributed by atoms with Gasteiger partial charge in [0.1, 0.15) is 24.1 Å². The molecule has 1 atom stereocenters. The maximum atomic E-state index is 14.5. The predicted molar refractivity (Wildman–Crippen MR) is 184 cm³/mol. The molecular formula is C38H37N3O5S. The molecule has 0 saturated carbocycles. The number of likely N-dealkylation sites (N-methyl/N-ethyl adjacent to an activating group) is 1. The van der Waals surface area contributed by atoms with Crippen LogP contribution in [-0.2, 0) is 32.6 Å². The van der Waals surface area contributed by atoms with Crippen molar-refractivity contribution in [1.82, 2.24) is 10.2 Å². The predicted octanol–water partition coefficient (Wildman–Crippen LogP) is 6.37. The lowest BCUT2D eigenvalue weighted by atomic mass is 10.0. The van der Waals surface area contributed by atoms with E-state index in [9.17, 15) is 18.0 Å². The average Bonchev–Trinajstić information content (AvgIpc) is 3.10. The highest BCUT2D eigenvalue weighted by Gasteiger charge is 2.34. The van der Waals surface area contributed by atoms with Crippen molar-refractivity contribution in [3.8, 4) is 11.5 Å². The third-order valence-electron chi connectivity index (χ3n) is 7.83. The van der Waals surface area contributed by atoms with Crippen molar-refractivity contribution in [1.29, 1.82) is 0 Å². The molecule has 5 aromatic rings. The van der Waals surface area contributed by atoms with Gasteiger partial charge < -0.3 is 15.0 Å². The lowest BCUT2D eigenvalue weighted by Crippen LogP contribution is -2.53. The largest absolute Gasteiger partial charge is 0.457 e. The van der Waals surface area contributed by atoms with Gasteiger partial charge in [-0.2, -0.15) is 0 Å². The smallest absolute Gasteiger partial charge is 0.264 e. The summed E-state index contributed by atoms with van der Waals surface area (Å²) >= 11 is 0. The molecule has 47 heavy (non-hydrogen) atoms. The minimum atomic E-state index is -4.20. The van der Waals surface area contributed by atoms with Crippen LogP contribution in [0.15, 0.2) is 144 Å². The maximum absolute atomic E-state index is 14.5. The number of carbonyl (C=O) groups is 2. The molecule has 1 N–H and O–H groups in total. The van der Waals surface area contributed by atoms with Crippen LogP contribution in [0.25, 0.3) is 0 Å². The zero-order valence-corrected chi connectivity index (χ0v) is 27.1. The third-order valence-corrected chi connectivity index (χ3v) is 9.62. The first-order chi connectivity index (χ1) is 22.8. The molecule has 0 radical (unpaired) electrons. The van der Waals surface area contributed by atoms with Gasteiger partial charge in [0.15, 0.2) is 0 Å². The van der Waals surface area contributed by atoms with E-state index in [1.54, 1.807) is 42.5 Å². The fraction of sp³-hybridized carbons (Fsp3) is 0.158. The summed E-state index contributed by atoms with van der Waals surface area (Å²) in [5.74, 6) is 0.263. The standard InChI is InChI=1S/C38H37N3O5S/c1-29-14-12-13-17-31(29)27-40(36(38(43)39-2)26-30-15-6-3-7-16-30)37(42)28-41(47(44,45)35-20-10-5-11-21-35)32-22-24-34(25-23-32)46-33-18-8-4-9-19-33/h3-25,36H,26-28H2,1-2H3,(H,39,43)/t36-/m0/s1. The van der Waals surface area contributed by atoms with Crippen LogP contribution in [0.4, 0.5) is 5.69 Å². The van der Waals surface area contributed by atoms with Crippen molar-refractivity contribution in [2.45, 2.75) is 30.8 Å². The van der Waals surface area contributed by atoms with Crippen LogP contribution >= 0.6 is 0 Å². The number of aryl methyl sites for hydroxylation is 1. The Balaban J connectivity index is 1.54. The van der Waals surface area contributed by atoms with Gasteiger partial charge in [-0.15, -0.1) is 0 Å². The molecule has 240 valence electrons. The first kappa shape index (κ1) is 33.0. The highest BCUT2D eigenvalue weighted by Crippen LogP contribution is 2.29. The number of amides is 2. The van der Waals surface area contributed by atoms with Crippen LogP contribution in [-0.4, -0.2) is 44.8 Å². The van der Waals surface area contributed by atoms with Crippen molar-refractivity contribution in [3.63, 3.8) is 0 Å². The van der Waals surface area contributed by atoms with Crippen LogP contribution in [0.5, 0.6) is 11.5 Å². The van der Waals surface area contributed by atoms with E-state index in [1.165, 1.54) is 24.1 Å². The molecule has 0 fully saturated rings. The van der Waals surface area contributed by atoms with Crippen LogP contribution in [0.2, 0.25) is 0 Å². The average molecular weight is 648 g/mol. The van der Waals surface area contributed by atoms with E-state index in [0.717, 1.165) is 21.0 Å². The molecule has 0 unspecified atom stereocenters. The minimum absolute atomic E-state index is 0.0370. The Kier molecular flexibility index (Phi) is 10.7. The molecule has 8 nitrogen and oxygen atoms in total. The topological polar surface area (TPSA) is 96.0 Å². The number of carbonyl (C=O) groups excluding carboxylic acids is 2. The van der Waals surface area contributed by atoms with Gasteiger partial charge in [-0.1, -0.05) is 91.0 Å². The summed E-state index contributed by atoms with van der Waals surface area (Å²) in [5, 5.41) is 2.71. The van der Waals surface area contributed by atoms with Crippen molar-refractivity contribution in [2.24, 2.45) is 0 Å². The number of nitrogens with one attached hydrogen (secondary N) is 1. The molecule has 9 heteroatoms. The number of rotatable bonds is 13. The normalized spacial score (nSPS) is 11.7. The van der Waals surface area contributed by atoms with Gasteiger partial charge in [0.2, 0.25) is 11.8 Å². The number of para-hydroxylation sites is 1. The Morgan fingerprint density at radius 1 is 0.723 bits per heavy atom. The van der Waals surface area contributed by atoms with E-state index in [0.29, 0.717) is 11.5 Å². The van der Waals surface area contributed by atoms with Crippen LogP contribution in [0.3, 0.4) is 0 Å². The van der Waals surface area contributed by atoms with Gasteiger partial charge in [-0.25, -0.2) is 8.42 Å². The number of ether oxygens (including phenoxy) is 1. The van der Waals surface area contributed by atoms with E-state index in [1.807, 2.05) is 91.9 Å². The summed E-state index contributed by atoms with van der Waals surface area (Å²) in [6.45, 7) is 1.51. The first-order valence-corrected chi connectivity index (χ1v) is 16.7. The Bertz CT molecular complexity index is 1890. The molecule has 0 aliphatic heterocycles.